The van der Waals surface area contributed by atoms with E-state index >= 15 is 0 Å². The molecule has 2 aromatic heterocycles. The number of nitrogens with one attached hydrogen (secondary N) is 1. The molecule has 0 fully saturated rings. The van der Waals surface area contributed by atoms with Crippen molar-refractivity contribution in [3.8, 4) is 0 Å². The molecule has 1 atom stereocenters. The molecular weight excluding hydrogens is 216 g/mol. The highest BCUT2D eigenvalue weighted by atomic mass is 16.5. The maximum absolute atomic E-state index is 6.01. The fourth-order valence-electron chi connectivity index (χ4n) is 1.97. The first-order valence-corrected chi connectivity index (χ1v) is 5.42. The SMILES string of the molecule is N[C@H](Cc1c[nH]c2ccccc12)c1ncno1. The second-order valence-electron chi connectivity index (χ2n) is 3.95. The van der Waals surface area contributed by atoms with Crippen LogP contribution in [0.4, 0.5) is 0 Å². The molecule has 0 spiro atoms. The van der Waals surface area contributed by atoms with Gasteiger partial charge in [-0.2, -0.15) is 4.98 Å². The minimum Gasteiger partial charge on any atom is -0.361 e. The summed E-state index contributed by atoms with van der Waals surface area (Å²) in [4.78, 5) is 7.18. The molecular formula is C12H12N4O. The van der Waals surface area contributed by atoms with Gasteiger partial charge in [0, 0.05) is 17.1 Å². The summed E-state index contributed by atoms with van der Waals surface area (Å²) in [6, 6.07) is 7.86. The van der Waals surface area contributed by atoms with Crippen LogP contribution in [-0.4, -0.2) is 15.1 Å². The van der Waals surface area contributed by atoms with E-state index in [0.717, 1.165) is 11.1 Å². The summed E-state index contributed by atoms with van der Waals surface area (Å²) < 4.78 is 4.96. The zero-order valence-electron chi connectivity index (χ0n) is 9.13. The first-order valence-electron chi connectivity index (χ1n) is 5.42. The molecule has 3 aromatic rings. The van der Waals surface area contributed by atoms with Crippen LogP contribution in [-0.2, 0) is 6.42 Å². The van der Waals surface area contributed by atoms with Crippen LogP contribution in [0.15, 0.2) is 41.3 Å². The number of para-hydroxylation sites is 1. The number of nitrogens with zero attached hydrogens (tertiary/aromatic N) is 2. The number of aromatic amines is 1. The second kappa shape index (κ2) is 4.03. The third-order valence-corrected chi connectivity index (χ3v) is 2.81. The predicted molar refractivity (Wildman–Crippen MR) is 63.2 cm³/mol. The van der Waals surface area contributed by atoms with Crippen molar-refractivity contribution in [1.29, 1.82) is 0 Å². The first-order chi connectivity index (χ1) is 8.34. The molecule has 0 amide bonds. The average molecular weight is 228 g/mol. The van der Waals surface area contributed by atoms with Gasteiger partial charge in [-0.3, -0.25) is 0 Å². The van der Waals surface area contributed by atoms with E-state index in [4.69, 9.17) is 10.3 Å². The number of fused-ring (bicyclic) bond motifs is 1. The Morgan fingerprint density at radius 3 is 3.06 bits per heavy atom. The minimum absolute atomic E-state index is 0.267. The molecule has 0 radical (unpaired) electrons. The molecule has 0 aliphatic carbocycles. The summed E-state index contributed by atoms with van der Waals surface area (Å²) in [5.41, 5.74) is 8.28. The standard InChI is InChI=1S/C12H12N4O/c13-10(12-15-7-16-17-12)5-8-6-14-11-4-2-1-3-9(8)11/h1-4,6-7,10,14H,5,13H2/t10-/m1/s1. The predicted octanol–water partition coefficient (Wildman–Crippen LogP) is 1.79. The Morgan fingerprint density at radius 2 is 2.24 bits per heavy atom. The third kappa shape index (κ3) is 1.81. The average Bonchev–Trinajstić information content (AvgIpc) is 2.98. The molecule has 17 heavy (non-hydrogen) atoms. The molecule has 5 heteroatoms. The van der Waals surface area contributed by atoms with E-state index < -0.39 is 0 Å². The Balaban J connectivity index is 1.90. The molecule has 3 N–H and O–H groups in total. The van der Waals surface area contributed by atoms with E-state index in [1.165, 1.54) is 11.7 Å². The van der Waals surface area contributed by atoms with Crippen molar-refractivity contribution >= 4 is 10.9 Å². The Bertz CT molecular complexity index is 614. The quantitative estimate of drug-likeness (QED) is 0.716. The molecule has 0 saturated carbocycles. The number of aromatic nitrogens is 3. The smallest absolute Gasteiger partial charge is 0.243 e. The monoisotopic (exact) mass is 228 g/mol. The molecule has 0 unspecified atom stereocenters. The van der Waals surface area contributed by atoms with Crippen LogP contribution in [0.2, 0.25) is 0 Å². The number of H-pyrrole nitrogens is 1. The van der Waals surface area contributed by atoms with Crippen molar-refractivity contribution in [2.24, 2.45) is 5.73 Å². The maximum Gasteiger partial charge on any atom is 0.243 e. The summed E-state index contributed by atoms with van der Waals surface area (Å²) in [6.45, 7) is 0. The Kier molecular flexibility index (Phi) is 2.38. The Morgan fingerprint density at radius 1 is 1.35 bits per heavy atom. The van der Waals surface area contributed by atoms with Crippen LogP contribution >= 0.6 is 0 Å². The van der Waals surface area contributed by atoms with Crippen molar-refractivity contribution in [1.82, 2.24) is 15.1 Å². The minimum atomic E-state index is -0.267. The second-order valence-corrected chi connectivity index (χ2v) is 3.95. The van der Waals surface area contributed by atoms with Gasteiger partial charge in [0.25, 0.3) is 0 Å². The van der Waals surface area contributed by atoms with E-state index in [0.29, 0.717) is 12.3 Å². The van der Waals surface area contributed by atoms with Crippen LogP contribution in [0, 0.1) is 0 Å². The van der Waals surface area contributed by atoms with Gasteiger partial charge in [0.15, 0.2) is 6.33 Å². The number of hydrogen-bond donors (Lipinski definition) is 2. The van der Waals surface area contributed by atoms with E-state index in [1.54, 1.807) is 0 Å². The van der Waals surface area contributed by atoms with Gasteiger partial charge in [-0.05, 0) is 18.1 Å². The molecule has 2 heterocycles. The van der Waals surface area contributed by atoms with E-state index in [1.807, 2.05) is 24.4 Å². The number of nitrogens with two attached hydrogens (primary N) is 1. The summed E-state index contributed by atoms with van der Waals surface area (Å²) in [6.07, 6.45) is 4.01. The Labute approximate surface area is 97.6 Å². The first kappa shape index (κ1) is 10.0. The summed E-state index contributed by atoms with van der Waals surface area (Å²) in [7, 11) is 0. The van der Waals surface area contributed by atoms with Gasteiger partial charge >= 0.3 is 0 Å². The topological polar surface area (TPSA) is 80.7 Å². The van der Waals surface area contributed by atoms with Gasteiger partial charge in [0.05, 0.1) is 6.04 Å². The molecule has 5 nitrogen and oxygen atoms in total. The lowest BCUT2D eigenvalue weighted by Gasteiger charge is -2.05. The molecule has 1 aromatic carbocycles. The van der Waals surface area contributed by atoms with Crippen molar-refractivity contribution in [2.45, 2.75) is 12.5 Å². The van der Waals surface area contributed by atoms with Crippen molar-refractivity contribution < 1.29 is 4.52 Å². The third-order valence-electron chi connectivity index (χ3n) is 2.81. The normalized spacial score (nSPS) is 13.0. The summed E-state index contributed by atoms with van der Waals surface area (Å²) in [5, 5.41) is 4.74. The van der Waals surface area contributed by atoms with Crippen molar-refractivity contribution in [2.75, 3.05) is 0 Å². The van der Waals surface area contributed by atoms with Crippen LogP contribution in [0.5, 0.6) is 0 Å². The van der Waals surface area contributed by atoms with Gasteiger partial charge < -0.3 is 15.2 Å². The molecule has 0 bridgehead atoms. The molecule has 0 aliphatic heterocycles. The van der Waals surface area contributed by atoms with Gasteiger partial charge in [-0.15, -0.1) is 0 Å². The zero-order chi connectivity index (χ0) is 11.7. The van der Waals surface area contributed by atoms with Gasteiger partial charge in [0.1, 0.15) is 0 Å². The highest BCUT2D eigenvalue weighted by Gasteiger charge is 2.14. The van der Waals surface area contributed by atoms with E-state index in [2.05, 4.69) is 21.2 Å². The zero-order valence-corrected chi connectivity index (χ0v) is 9.13. The van der Waals surface area contributed by atoms with Gasteiger partial charge in [-0.1, -0.05) is 23.4 Å². The van der Waals surface area contributed by atoms with Gasteiger partial charge in [0.2, 0.25) is 5.89 Å². The molecule has 0 saturated heterocycles. The van der Waals surface area contributed by atoms with E-state index in [9.17, 15) is 0 Å². The van der Waals surface area contributed by atoms with E-state index in [-0.39, 0.29) is 6.04 Å². The Hall–Kier alpha value is -2.14. The number of rotatable bonds is 3. The lowest BCUT2D eigenvalue weighted by atomic mass is 10.1. The lowest BCUT2D eigenvalue weighted by molar-refractivity contribution is 0.353. The maximum atomic E-state index is 6.01. The summed E-state index contributed by atoms with van der Waals surface area (Å²) >= 11 is 0. The molecule has 0 aliphatic rings. The fourth-order valence-corrected chi connectivity index (χ4v) is 1.97. The lowest BCUT2D eigenvalue weighted by Crippen LogP contribution is -2.13. The highest BCUT2D eigenvalue weighted by Crippen LogP contribution is 2.22. The van der Waals surface area contributed by atoms with Crippen molar-refractivity contribution in [3.05, 3.63) is 48.2 Å². The number of hydrogen-bond acceptors (Lipinski definition) is 4. The highest BCUT2D eigenvalue weighted by molar-refractivity contribution is 5.83. The molecule has 3 rings (SSSR count). The fraction of sp³-hybridized carbons (Fsp3) is 0.167. The van der Waals surface area contributed by atoms with Crippen LogP contribution in [0.25, 0.3) is 10.9 Å². The molecule has 86 valence electrons. The number of benzene rings is 1. The van der Waals surface area contributed by atoms with Gasteiger partial charge in [-0.25, -0.2) is 0 Å². The largest absolute Gasteiger partial charge is 0.361 e. The van der Waals surface area contributed by atoms with Crippen LogP contribution < -0.4 is 5.73 Å². The van der Waals surface area contributed by atoms with Crippen LogP contribution in [0.1, 0.15) is 17.5 Å². The summed E-state index contributed by atoms with van der Waals surface area (Å²) in [5.74, 6) is 0.468. The van der Waals surface area contributed by atoms with Crippen LogP contribution in [0.3, 0.4) is 0 Å². The van der Waals surface area contributed by atoms with Crippen molar-refractivity contribution in [3.63, 3.8) is 0 Å².